The first kappa shape index (κ1) is 70.9. The predicted molar refractivity (Wildman–Crippen MR) is 322 cm³/mol. The molecule has 0 rings (SSSR count). The highest BCUT2D eigenvalue weighted by Gasteiger charge is 2.18. The van der Waals surface area contributed by atoms with Gasteiger partial charge in [-0.1, -0.05) is 359 Å². The third-order valence-corrected chi connectivity index (χ3v) is 15.9. The quantitative estimate of drug-likeness (QED) is 0.0420. The fourth-order valence-corrected chi connectivity index (χ4v) is 10.8. The van der Waals surface area contributed by atoms with Gasteiger partial charge in [0.05, 0.1) is 18.8 Å². The van der Waals surface area contributed by atoms with Crippen LogP contribution in [0.2, 0.25) is 0 Å². The molecule has 428 valence electrons. The van der Waals surface area contributed by atoms with Crippen molar-refractivity contribution < 1.29 is 15.0 Å². The Hall–Kier alpha value is -1.13. The van der Waals surface area contributed by atoms with E-state index in [0.29, 0.717) is 6.42 Å². The highest BCUT2D eigenvalue weighted by atomic mass is 16.3. The molecule has 0 fully saturated rings. The SMILES string of the molecule is CCCCCCCCCC/C=C\CCCCCCCCCCCCCCCCCCCCCCCCCC(=O)NC(CO)C(O)/C=C/CCCCCCCCCCCCCCCCCCCCCCCCC. The zero-order valence-corrected chi connectivity index (χ0v) is 49.5. The summed E-state index contributed by atoms with van der Waals surface area (Å²) in [6.45, 7) is 4.36. The van der Waals surface area contributed by atoms with E-state index in [0.717, 1.165) is 25.7 Å². The van der Waals surface area contributed by atoms with E-state index >= 15 is 0 Å². The van der Waals surface area contributed by atoms with Gasteiger partial charge in [-0.05, 0) is 44.9 Å². The lowest BCUT2D eigenvalue weighted by atomic mass is 10.0. The first-order chi connectivity index (χ1) is 35.7. The smallest absolute Gasteiger partial charge is 0.220 e. The maximum atomic E-state index is 12.5. The molecule has 72 heavy (non-hydrogen) atoms. The van der Waals surface area contributed by atoms with E-state index in [1.165, 1.54) is 340 Å². The van der Waals surface area contributed by atoms with E-state index < -0.39 is 12.1 Å². The number of aliphatic hydroxyl groups is 2. The van der Waals surface area contributed by atoms with Crippen LogP contribution in [0.15, 0.2) is 24.3 Å². The number of aliphatic hydroxyl groups excluding tert-OH is 2. The highest BCUT2D eigenvalue weighted by Crippen LogP contribution is 2.19. The molecule has 0 heterocycles. The monoisotopic (exact) mass is 1010 g/mol. The van der Waals surface area contributed by atoms with Gasteiger partial charge in [-0.25, -0.2) is 0 Å². The van der Waals surface area contributed by atoms with Gasteiger partial charge < -0.3 is 15.5 Å². The zero-order chi connectivity index (χ0) is 52.0. The Morgan fingerprint density at radius 1 is 0.319 bits per heavy atom. The molecule has 3 N–H and O–H groups in total. The van der Waals surface area contributed by atoms with Crippen molar-refractivity contribution in [3.05, 3.63) is 24.3 Å². The summed E-state index contributed by atoms with van der Waals surface area (Å²) < 4.78 is 0. The highest BCUT2D eigenvalue weighted by molar-refractivity contribution is 5.76. The molecular weight excluding hydrogens is 879 g/mol. The molecule has 0 aliphatic rings. The lowest BCUT2D eigenvalue weighted by Crippen LogP contribution is -2.45. The van der Waals surface area contributed by atoms with Gasteiger partial charge in [0, 0.05) is 6.42 Å². The molecule has 1 amide bonds. The van der Waals surface area contributed by atoms with Gasteiger partial charge in [-0.15, -0.1) is 0 Å². The number of hydrogen-bond acceptors (Lipinski definition) is 3. The minimum absolute atomic E-state index is 0.0547. The standard InChI is InChI=1S/C68H133NO3/c1-3-5-7-9-11-13-15-17-19-21-23-25-27-29-30-31-32-33-34-35-36-37-38-40-42-44-46-48-50-52-54-56-58-60-62-64-68(72)69-66(65-70)67(71)63-61-59-57-55-53-51-49-47-45-43-41-39-28-26-24-22-20-18-16-14-12-10-8-6-4-2/h21,23,61,63,66-67,70-71H,3-20,22,24-60,62,64-65H2,1-2H3,(H,69,72)/b23-21-,63-61+. The van der Waals surface area contributed by atoms with Gasteiger partial charge in [0.15, 0.2) is 0 Å². The lowest BCUT2D eigenvalue weighted by Gasteiger charge is -2.20. The second-order valence-electron chi connectivity index (χ2n) is 23.2. The molecule has 4 heteroatoms. The van der Waals surface area contributed by atoms with Crippen LogP contribution in [-0.4, -0.2) is 34.9 Å². The van der Waals surface area contributed by atoms with Crippen LogP contribution in [0.1, 0.15) is 386 Å². The third-order valence-electron chi connectivity index (χ3n) is 15.9. The average molecular weight is 1010 g/mol. The Labute approximate surface area is 453 Å². The summed E-state index contributed by atoms with van der Waals surface area (Å²) in [4.78, 5) is 12.5. The molecule has 0 aromatic rings. The molecule has 2 atom stereocenters. The van der Waals surface area contributed by atoms with Crippen LogP contribution in [0.5, 0.6) is 0 Å². The minimum atomic E-state index is -0.838. The van der Waals surface area contributed by atoms with Gasteiger partial charge in [0.25, 0.3) is 0 Å². The first-order valence-corrected chi connectivity index (χ1v) is 33.6. The van der Waals surface area contributed by atoms with Crippen LogP contribution in [0.3, 0.4) is 0 Å². The predicted octanol–water partition coefficient (Wildman–Crippen LogP) is 22.6. The van der Waals surface area contributed by atoms with Crippen molar-refractivity contribution in [3.8, 4) is 0 Å². The number of amides is 1. The molecule has 0 aliphatic heterocycles. The van der Waals surface area contributed by atoms with Gasteiger partial charge in [0.2, 0.25) is 5.91 Å². The summed E-state index contributed by atoms with van der Waals surface area (Å²) in [6.07, 6.45) is 86.9. The molecule has 2 unspecified atom stereocenters. The van der Waals surface area contributed by atoms with E-state index in [1.807, 2.05) is 6.08 Å². The Morgan fingerprint density at radius 3 is 0.764 bits per heavy atom. The van der Waals surface area contributed by atoms with Crippen LogP contribution in [0, 0.1) is 0 Å². The Morgan fingerprint density at radius 2 is 0.528 bits per heavy atom. The molecule has 0 aromatic heterocycles. The lowest BCUT2D eigenvalue weighted by molar-refractivity contribution is -0.123. The van der Waals surface area contributed by atoms with E-state index in [1.54, 1.807) is 6.08 Å². The molecule has 4 nitrogen and oxygen atoms in total. The molecule has 0 bridgehead atoms. The van der Waals surface area contributed by atoms with Gasteiger partial charge in [0.1, 0.15) is 0 Å². The summed E-state index contributed by atoms with van der Waals surface area (Å²) in [6, 6.07) is -0.620. The summed E-state index contributed by atoms with van der Waals surface area (Å²) in [5, 5.41) is 23.3. The first-order valence-electron chi connectivity index (χ1n) is 33.6. The molecule has 0 radical (unpaired) electrons. The minimum Gasteiger partial charge on any atom is -0.394 e. The largest absolute Gasteiger partial charge is 0.394 e. The second-order valence-corrected chi connectivity index (χ2v) is 23.2. The number of hydrogen-bond donors (Lipinski definition) is 3. The maximum Gasteiger partial charge on any atom is 0.220 e. The van der Waals surface area contributed by atoms with Gasteiger partial charge in [-0.3, -0.25) is 4.79 Å². The van der Waals surface area contributed by atoms with Crippen LogP contribution in [-0.2, 0) is 4.79 Å². The Bertz CT molecular complexity index is 1060. The van der Waals surface area contributed by atoms with Crippen LogP contribution >= 0.6 is 0 Å². The van der Waals surface area contributed by atoms with Crippen molar-refractivity contribution >= 4 is 5.91 Å². The summed E-state index contributed by atoms with van der Waals surface area (Å²) in [5.74, 6) is -0.0547. The molecular formula is C68H133NO3. The van der Waals surface area contributed by atoms with Crippen molar-refractivity contribution in [1.29, 1.82) is 0 Å². The summed E-state index contributed by atoms with van der Waals surface area (Å²) in [7, 11) is 0. The molecule has 0 aliphatic carbocycles. The zero-order valence-electron chi connectivity index (χ0n) is 49.5. The van der Waals surface area contributed by atoms with Crippen molar-refractivity contribution in [3.63, 3.8) is 0 Å². The number of unbranched alkanes of at least 4 members (excludes halogenated alkanes) is 54. The molecule has 0 saturated carbocycles. The van der Waals surface area contributed by atoms with Gasteiger partial charge >= 0.3 is 0 Å². The van der Waals surface area contributed by atoms with Crippen LogP contribution < -0.4 is 5.32 Å². The third kappa shape index (κ3) is 59.7. The summed E-state index contributed by atoms with van der Waals surface area (Å²) in [5.41, 5.74) is 0. The normalized spacial score (nSPS) is 12.8. The molecule has 0 aromatic carbocycles. The van der Waals surface area contributed by atoms with Crippen LogP contribution in [0.4, 0.5) is 0 Å². The number of carbonyl (C=O) groups is 1. The summed E-state index contributed by atoms with van der Waals surface area (Å²) >= 11 is 0. The van der Waals surface area contributed by atoms with Crippen molar-refractivity contribution in [2.24, 2.45) is 0 Å². The van der Waals surface area contributed by atoms with Crippen molar-refractivity contribution in [1.82, 2.24) is 5.32 Å². The van der Waals surface area contributed by atoms with E-state index in [2.05, 4.69) is 31.3 Å². The van der Waals surface area contributed by atoms with E-state index in [4.69, 9.17) is 0 Å². The second kappa shape index (κ2) is 64.2. The topological polar surface area (TPSA) is 69.6 Å². The number of nitrogens with one attached hydrogen (secondary N) is 1. The van der Waals surface area contributed by atoms with Gasteiger partial charge in [-0.2, -0.15) is 0 Å². The average Bonchev–Trinajstić information content (AvgIpc) is 3.39. The van der Waals surface area contributed by atoms with Crippen molar-refractivity contribution in [2.45, 2.75) is 398 Å². The number of rotatable bonds is 63. The van der Waals surface area contributed by atoms with E-state index in [-0.39, 0.29) is 12.5 Å². The number of carbonyl (C=O) groups excluding carboxylic acids is 1. The maximum absolute atomic E-state index is 12.5. The van der Waals surface area contributed by atoms with Crippen LogP contribution in [0.25, 0.3) is 0 Å². The molecule has 0 saturated heterocycles. The van der Waals surface area contributed by atoms with E-state index in [9.17, 15) is 15.0 Å². The fourth-order valence-electron chi connectivity index (χ4n) is 10.8. The van der Waals surface area contributed by atoms with Crippen molar-refractivity contribution in [2.75, 3.05) is 6.61 Å². The molecule has 0 spiro atoms. The fraction of sp³-hybridized carbons (Fsp3) is 0.926. The number of allylic oxidation sites excluding steroid dienone is 3. The Balaban J connectivity index is 3.40. The Kier molecular flexibility index (Phi) is 63.2.